The first kappa shape index (κ1) is 20.3. The summed E-state index contributed by atoms with van der Waals surface area (Å²) >= 11 is 3.44. The van der Waals surface area contributed by atoms with Crippen LogP contribution in [-0.2, 0) is 6.42 Å². The van der Waals surface area contributed by atoms with Crippen molar-refractivity contribution in [1.29, 1.82) is 0 Å². The van der Waals surface area contributed by atoms with Crippen LogP contribution >= 0.6 is 15.9 Å². The van der Waals surface area contributed by atoms with E-state index in [1.165, 1.54) is 17.7 Å². The van der Waals surface area contributed by atoms with Crippen LogP contribution in [0.15, 0.2) is 53.0 Å². The molecule has 1 heterocycles. The molecule has 4 nitrogen and oxygen atoms in total. The number of nitrogens with zero attached hydrogens (tertiary/aromatic N) is 2. The average molecular weight is 444 g/mol. The van der Waals surface area contributed by atoms with E-state index in [-0.39, 0.29) is 17.8 Å². The van der Waals surface area contributed by atoms with Crippen molar-refractivity contribution in [3.8, 4) is 5.69 Å². The van der Waals surface area contributed by atoms with Gasteiger partial charge in [-0.3, -0.25) is 4.79 Å². The maximum absolute atomic E-state index is 13.2. The number of halogens is 2. The number of hydrogen-bond acceptors (Lipinski definition) is 2. The van der Waals surface area contributed by atoms with Crippen LogP contribution in [0, 0.1) is 19.7 Å². The second-order valence-electron chi connectivity index (χ2n) is 6.97. The Balaban J connectivity index is 1.68. The van der Waals surface area contributed by atoms with Gasteiger partial charge in [0.1, 0.15) is 5.82 Å². The molecular weight excluding hydrogens is 421 g/mol. The molecule has 1 N–H and O–H groups in total. The Hall–Kier alpha value is -2.47. The smallest absolute Gasteiger partial charge is 0.255 e. The minimum absolute atomic E-state index is 0.0316. The maximum atomic E-state index is 13.2. The monoisotopic (exact) mass is 443 g/mol. The minimum atomic E-state index is -0.303. The van der Waals surface area contributed by atoms with Gasteiger partial charge >= 0.3 is 0 Å². The lowest BCUT2D eigenvalue weighted by atomic mass is 10.1. The molecule has 28 heavy (non-hydrogen) atoms. The molecule has 146 valence electrons. The molecule has 6 heteroatoms. The van der Waals surface area contributed by atoms with E-state index in [9.17, 15) is 9.18 Å². The minimum Gasteiger partial charge on any atom is -0.349 e. The van der Waals surface area contributed by atoms with E-state index in [4.69, 9.17) is 0 Å². The highest BCUT2D eigenvalue weighted by Gasteiger charge is 2.20. The molecule has 0 saturated heterocycles. The number of amides is 1. The molecule has 0 bridgehead atoms. The van der Waals surface area contributed by atoms with Crippen molar-refractivity contribution >= 4 is 21.8 Å². The normalized spacial score (nSPS) is 12.0. The van der Waals surface area contributed by atoms with E-state index in [0.29, 0.717) is 11.3 Å². The summed E-state index contributed by atoms with van der Waals surface area (Å²) in [5.74, 6) is -0.436. The standard InChI is InChI=1S/C22H23BrFN3O/c1-14(4-5-17-6-8-18(23)9-7-17)25-22(28)21-15(2)26-27(16(21)3)20-12-10-19(24)11-13-20/h6-14H,4-5H2,1-3H3,(H,25,28)/t14-/m1/s1. The number of carbonyl (C=O) groups is 1. The predicted octanol–water partition coefficient (Wildman–Crippen LogP) is 5.14. The van der Waals surface area contributed by atoms with Gasteiger partial charge < -0.3 is 5.32 Å². The SMILES string of the molecule is Cc1nn(-c2ccc(F)cc2)c(C)c1C(=O)N[C@H](C)CCc1ccc(Br)cc1. The Morgan fingerprint density at radius 3 is 2.43 bits per heavy atom. The number of aryl methyl sites for hydroxylation is 2. The lowest BCUT2D eigenvalue weighted by Gasteiger charge is -2.14. The first-order valence-corrected chi connectivity index (χ1v) is 10.0. The Labute approximate surface area is 172 Å². The molecule has 0 aliphatic heterocycles. The molecule has 2 aromatic carbocycles. The van der Waals surface area contributed by atoms with Crippen molar-refractivity contribution in [2.45, 2.75) is 39.7 Å². The van der Waals surface area contributed by atoms with E-state index >= 15 is 0 Å². The summed E-state index contributed by atoms with van der Waals surface area (Å²) in [6, 6.07) is 14.3. The van der Waals surface area contributed by atoms with Crippen molar-refractivity contribution in [2.75, 3.05) is 0 Å². The van der Waals surface area contributed by atoms with Crippen LogP contribution < -0.4 is 5.32 Å². The quantitative estimate of drug-likeness (QED) is 0.572. The summed E-state index contributed by atoms with van der Waals surface area (Å²) in [7, 11) is 0. The maximum Gasteiger partial charge on any atom is 0.255 e. The summed E-state index contributed by atoms with van der Waals surface area (Å²) < 4.78 is 15.9. The molecule has 0 aliphatic rings. The highest BCUT2D eigenvalue weighted by molar-refractivity contribution is 9.10. The van der Waals surface area contributed by atoms with Gasteiger partial charge in [0.05, 0.1) is 22.6 Å². The Bertz CT molecular complexity index is 965. The van der Waals surface area contributed by atoms with Gasteiger partial charge in [-0.2, -0.15) is 5.10 Å². The Kier molecular flexibility index (Phi) is 6.29. The topological polar surface area (TPSA) is 46.9 Å². The zero-order chi connectivity index (χ0) is 20.3. The summed E-state index contributed by atoms with van der Waals surface area (Å²) in [6.45, 7) is 5.67. The molecule has 1 aromatic heterocycles. The van der Waals surface area contributed by atoms with Gasteiger partial charge in [0.25, 0.3) is 5.91 Å². The van der Waals surface area contributed by atoms with Crippen LogP contribution in [0.5, 0.6) is 0 Å². The van der Waals surface area contributed by atoms with Gasteiger partial charge in [0, 0.05) is 10.5 Å². The third-order valence-corrected chi connectivity index (χ3v) is 5.28. The Morgan fingerprint density at radius 2 is 1.79 bits per heavy atom. The molecule has 3 rings (SSSR count). The predicted molar refractivity (Wildman–Crippen MR) is 112 cm³/mol. The number of aromatic nitrogens is 2. The lowest BCUT2D eigenvalue weighted by molar-refractivity contribution is 0.0937. The lowest BCUT2D eigenvalue weighted by Crippen LogP contribution is -2.33. The van der Waals surface area contributed by atoms with Crippen molar-refractivity contribution in [3.63, 3.8) is 0 Å². The van der Waals surface area contributed by atoms with E-state index < -0.39 is 0 Å². The first-order valence-electron chi connectivity index (χ1n) is 9.22. The van der Waals surface area contributed by atoms with Crippen LogP contribution in [0.2, 0.25) is 0 Å². The van der Waals surface area contributed by atoms with Gasteiger partial charge in [-0.1, -0.05) is 28.1 Å². The molecule has 1 amide bonds. The molecule has 1 atom stereocenters. The third kappa shape index (κ3) is 4.68. The van der Waals surface area contributed by atoms with E-state index in [1.54, 1.807) is 16.8 Å². The highest BCUT2D eigenvalue weighted by atomic mass is 79.9. The van der Waals surface area contributed by atoms with Crippen molar-refractivity contribution in [3.05, 3.63) is 81.3 Å². The number of benzene rings is 2. The van der Waals surface area contributed by atoms with Crippen LogP contribution in [-0.4, -0.2) is 21.7 Å². The molecule has 0 radical (unpaired) electrons. The second kappa shape index (κ2) is 8.69. The van der Waals surface area contributed by atoms with Gasteiger partial charge in [-0.15, -0.1) is 0 Å². The Morgan fingerprint density at radius 1 is 1.14 bits per heavy atom. The fourth-order valence-electron chi connectivity index (χ4n) is 3.21. The molecular formula is C22H23BrFN3O. The van der Waals surface area contributed by atoms with Crippen LogP contribution in [0.4, 0.5) is 4.39 Å². The van der Waals surface area contributed by atoms with Gasteiger partial charge in [-0.25, -0.2) is 9.07 Å². The van der Waals surface area contributed by atoms with Gasteiger partial charge in [0.2, 0.25) is 0 Å². The third-order valence-electron chi connectivity index (χ3n) is 4.75. The molecule has 3 aromatic rings. The summed E-state index contributed by atoms with van der Waals surface area (Å²) in [4.78, 5) is 12.8. The highest BCUT2D eigenvalue weighted by Crippen LogP contribution is 2.19. The average Bonchev–Trinajstić information content (AvgIpc) is 2.96. The van der Waals surface area contributed by atoms with Crippen molar-refractivity contribution in [1.82, 2.24) is 15.1 Å². The van der Waals surface area contributed by atoms with Crippen molar-refractivity contribution in [2.24, 2.45) is 0 Å². The van der Waals surface area contributed by atoms with Gasteiger partial charge in [0.15, 0.2) is 0 Å². The summed E-state index contributed by atoms with van der Waals surface area (Å²) in [5, 5.41) is 7.54. The fourth-order valence-corrected chi connectivity index (χ4v) is 3.47. The van der Waals surface area contributed by atoms with Crippen LogP contribution in [0.25, 0.3) is 5.69 Å². The van der Waals surface area contributed by atoms with E-state index in [2.05, 4.69) is 38.5 Å². The van der Waals surface area contributed by atoms with Crippen LogP contribution in [0.3, 0.4) is 0 Å². The van der Waals surface area contributed by atoms with E-state index in [1.807, 2.05) is 32.9 Å². The number of hydrogen-bond donors (Lipinski definition) is 1. The molecule has 0 fully saturated rings. The van der Waals surface area contributed by atoms with E-state index in [0.717, 1.165) is 28.7 Å². The number of nitrogens with one attached hydrogen (secondary N) is 1. The number of rotatable bonds is 6. The van der Waals surface area contributed by atoms with Gasteiger partial charge in [-0.05, 0) is 75.6 Å². The first-order chi connectivity index (χ1) is 13.3. The second-order valence-corrected chi connectivity index (χ2v) is 7.89. The molecule has 0 spiro atoms. The van der Waals surface area contributed by atoms with Crippen molar-refractivity contribution < 1.29 is 9.18 Å². The fraction of sp³-hybridized carbons (Fsp3) is 0.273. The molecule has 0 unspecified atom stereocenters. The summed E-state index contributed by atoms with van der Waals surface area (Å²) in [5.41, 5.74) is 3.92. The summed E-state index contributed by atoms with van der Waals surface area (Å²) in [6.07, 6.45) is 1.74. The largest absolute Gasteiger partial charge is 0.349 e. The zero-order valence-corrected chi connectivity index (χ0v) is 17.8. The number of carbonyl (C=O) groups excluding carboxylic acids is 1. The molecule has 0 aliphatic carbocycles. The molecule has 0 saturated carbocycles. The zero-order valence-electron chi connectivity index (χ0n) is 16.2. The van der Waals surface area contributed by atoms with Crippen LogP contribution in [0.1, 0.15) is 40.7 Å².